The van der Waals surface area contributed by atoms with E-state index in [1.165, 1.54) is 0 Å². The van der Waals surface area contributed by atoms with Gasteiger partial charge in [0.2, 0.25) is 10.0 Å². The fraction of sp³-hybridized carbons (Fsp3) is 0.308. The summed E-state index contributed by atoms with van der Waals surface area (Å²) in [5.74, 6) is 0. The minimum absolute atomic E-state index is 0.543. The van der Waals surface area contributed by atoms with E-state index in [2.05, 4.69) is 21.9 Å². The van der Waals surface area contributed by atoms with Crippen molar-refractivity contribution < 1.29 is 8.42 Å². The van der Waals surface area contributed by atoms with Crippen LogP contribution in [-0.2, 0) is 23.1 Å². The molecule has 20 heavy (non-hydrogen) atoms. The van der Waals surface area contributed by atoms with Crippen LogP contribution in [0.1, 0.15) is 12.6 Å². The lowest BCUT2D eigenvalue weighted by Crippen LogP contribution is -2.10. The first kappa shape index (κ1) is 14.4. The smallest absolute Gasteiger partial charge is 0.229 e. The molecule has 0 aliphatic carbocycles. The van der Waals surface area contributed by atoms with Gasteiger partial charge in [0, 0.05) is 18.4 Å². The van der Waals surface area contributed by atoms with Gasteiger partial charge in [0.1, 0.15) is 0 Å². The van der Waals surface area contributed by atoms with E-state index in [0.29, 0.717) is 12.2 Å². The van der Waals surface area contributed by atoms with E-state index in [4.69, 9.17) is 0 Å². The van der Waals surface area contributed by atoms with Gasteiger partial charge in [0.05, 0.1) is 30.5 Å². The Morgan fingerprint density at radius 3 is 2.75 bits per heavy atom. The van der Waals surface area contributed by atoms with Crippen molar-refractivity contribution in [1.82, 2.24) is 9.55 Å². The largest absolute Gasteiger partial charge is 0.379 e. The second kappa shape index (κ2) is 5.96. The zero-order valence-electron chi connectivity index (χ0n) is 11.5. The summed E-state index contributed by atoms with van der Waals surface area (Å²) in [6.45, 7) is 3.56. The standard InChI is InChI=1S/C13H18N4O2S/c1-3-17-10-14-8-13(17)9-15-11-5-4-6-12(7-11)16-20(2,18)19/h4-8,10,15-16H,3,9H2,1-2H3. The Morgan fingerprint density at radius 1 is 1.30 bits per heavy atom. The third-order valence-electron chi connectivity index (χ3n) is 2.78. The van der Waals surface area contributed by atoms with E-state index in [1.807, 2.05) is 16.8 Å². The van der Waals surface area contributed by atoms with Crippen molar-refractivity contribution in [3.63, 3.8) is 0 Å². The number of rotatable bonds is 6. The molecule has 0 bridgehead atoms. The maximum Gasteiger partial charge on any atom is 0.229 e. The van der Waals surface area contributed by atoms with E-state index in [9.17, 15) is 8.42 Å². The Hall–Kier alpha value is -2.02. The van der Waals surface area contributed by atoms with Gasteiger partial charge >= 0.3 is 0 Å². The summed E-state index contributed by atoms with van der Waals surface area (Å²) >= 11 is 0. The highest BCUT2D eigenvalue weighted by Gasteiger charge is 2.03. The van der Waals surface area contributed by atoms with Crippen LogP contribution in [0, 0.1) is 0 Å². The van der Waals surface area contributed by atoms with Gasteiger partial charge in [-0.15, -0.1) is 0 Å². The minimum Gasteiger partial charge on any atom is -0.379 e. The van der Waals surface area contributed by atoms with Gasteiger partial charge in [-0.25, -0.2) is 13.4 Å². The number of aromatic nitrogens is 2. The number of benzene rings is 1. The van der Waals surface area contributed by atoms with Crippen molar-refractivity contribution in [2.24, 2.45) is 0 Å². The van der Waals surface area contributed by atoms with E-state index in [0.717, 1.165) is 24.2 Å². The predicted octanol–water partition coefficient (Wildman–Crippen LogP) is 1.89. The molecule has 0 aliphatic heterocycles. The maximum absolute atomic E-state index is 11.2. The van der Waals surface area contributed by atoms with Crippen LogP contribution in [0.2, 0.25) is 0 Å². The molecule has 0 amide bonds. The lowest BCUT2D eigenvalue weighted by atomic mass is 10.3. The zero-order chi connectivity index (χ0) is 14.6. The Labute approximate surface area is 118 Å². The molecule has 0 unspecified atom stereocenters. The monoisotopic (exact) mass is 294 g/mol. The van der Waals surface area contributed by atoms with Crippen LogP contribution >= 0.6 is 0 Å². The van der Waals surface area contributed by atoms with E-state index in [1.54, 1.807) is 24.5 Å². The molecule has 2 aromatic rings. The summed E-state index contributed by atoms with van der Waals surface area (Å²) in [5, 5.41) is 3.25. The van der Waals surface area contributed by atoms with Gasteiger partial charge in [-0.05, 0) is 25.1 Å². The number of hydrogen-bond acceptors (Lipinski definition) is 4. The summed E-state index contributed by atoms with van der Waals surface area (Å²) in [6, 6.07) is 7.16. The molecule has 1 aromatic carbocycles. The lowest BCUT2D eigenvalue weighted by molar-refractivity contribution is 0.607. The lowest BCUT2D eigenvalue weighted by Gasteiger charge is -2.10. The third kappa shape index (κ3) is 3.99. The SMILES string of the molecule is CCn1cncc1CNc1cccc(NS(C)(=O)=O)c1. The van der Waals surface area contributed by atoms with Crippen molar-refractivity contribution in [3.8, 4) is 0 Å². The molecule has 0 aliphatic rings. The molecule has 1 heterocycles. The minimum atomic E-state index is -3.25. The van der Waals surface area contributed by atoms with Gasteiger partial charge in [0.25, 0.3) is 0 Å². The Kier molecular flexibility index (Phi) is 4.29. The van der Waals surface area contributed by atoms with Crippen molar-refractivity contribution >= 4 is 21.4 Å². The van der Waals surface area contributed by atoms with E-state index < -0.39 is 10.0 Å². The number of nitrogens with one attached hydrogen (secondary N) is 2. The highest BCUT2D eigenvalue weighted by Crippen LogP contribution is 2.16. The van der Waals surface area contributed by atoms with E-state index >= 15 is 0 Å². The van der Waals surface area contributed by atoms with Crippen molar-refractivity contribution in [1.29, 1.82) is 0 Å². The van der Waals surface area contributed by atoms with Crippen molar-refractivity contribution in [2.45, 2.75) is 20.0 Å². The quantitative estimate of drug-likeness (QED) is 0.853. The van der Waals surface area contributed by atoms with Gasteiger partial charge in [-0.2, -0.15) is 0 Å². The fourth-order valence-electron chi connectivity index (χ4n) is 1.88. The summed E-state index contributed by atoms with van der Waals surface area (Å²) in [7, 11) is -3.25. The van der Waals surface area contributed by atoms with Crippen LogP contribution in [0.5, 0.6) is 0 Å². The van der Waals surface area contributed by atoms with Crippen LogP contribution < -0.4 is 10.0 Å². The molecular formula is C13H18N4O2S. The molecular weight excluding hydrogens is 276 g/mol. The average Bonchev–Trinajstić information content (AvgIpc) is 2.82. The molecule has 0 radical (unpaired) electrons. The molecule has 0 saturated heterocycles. The van der Waals surface area contributed by atoms with Crippen LogP contribution in [-0.4, -0.2) is 24.2 Å². The first-order valence-electron chi connectivity index (χ1n) is 6.28. The third-order valence-corrected chi connectivity index (χ3v) is 3.39. The second-order valence-corrected chi connectivity index (χ2v) is 6.23. The summed E-state index contributed by atoms with van der Waals surface area (Å²) < 4.78 is 26.9. The van der Waals surface area contributed by atoms with Crippen LogP contribution in [0.15, 0.2) is 36.8 Å². The molecule has 2 N–H and O–H groups in total. The van der Waals surface area contributed by atoms with Gasteiger partial charge in [0.15, 0.2) is 0 Å². The van der Waals surface area contributed by atoms with Crippen LogP contribution in [0.4, 0.5) is 11.4 Å². The number of nitrogens with zero attached hydrogens (tertiary/aromatic N) is 2. The highest BCUT2D eigenvalue weighted by atomic mass is 32.2. The Balaban J connectivity index is 2.05. The first-order valence-corrected chi connectivity index (χ1v) is 8.18. The van der Waals surface area contributed by atoms with Gasteiger partial charge in [-0.3, -0.25) is 4.72 Å². The molecule has 6 nitrogen and oxygen atoms in total. The summed E-state index contributed by atoms with van der Waals surface area (Å²) in [5.41, 5.74) is 2.47. The molecule has 7 heteroatoms. The van der Waals surface area contributed by atoms with Gasteiger partial charge in [-0.1, -0.05) is 6.07 Å². The second-order valence-electron chi connectivity index (χ2n) is 4.48. The highest BCUT2D eigenvalue weighted by molar-refractivity contribution is 7.92. The molecule has 108 valence electrons. The molecule has 1 aromatic heterocycles. The Bertz CT molecular complexity index is 679. The number of anilines is 2. The average molecular weight is 294 g/mol. The Morgan fingerprint density at radius 2 is 2.05 bits per heavy atom. The number of sulfonamides is 1. The van der Waals surface area contributed by atoms with Crippen LogP contribution in [0.25, 0.3) is 0 Å². The zero-order valence-corrected chi connectivity index (χ0v) is 12.3. The van der Waals surface area contributed by atoms with Gasteiger partial charge < -0.3 is 9.88 Å². The molecule has 0 atom stereocenters. The number of hydrogen-bond donors (Lipinski definition) is 2. The summed E-state index contributed by atoms with van der Waals surface area (Å²) in [6.07, 6.45) is 4.74. The molecule has 0 saturated carbocycles. The topological polar surface area (TPSA) is 76.0 Å². The molecule has 0 fully saturated rings. The van der Waals surface area contributed by atoms with Crippen LogP contribution in [0.3, 0.4) is 0 Å². The first-order chi connectivity index (χ1) is 9.48. The number of aryl methyl sites for hydroxylation is 1. The van der Waals surface area contributed by atoms with Crippen molar-refractivity contribution in [3.05, 3.63) is 42.5 Å². The normalized spacial score (nSPS) is 11.3. The fourth-order valence-corrected chi connectivity index (χ4v) is 2.43. The van der Waals surface area contributed by atoms with E-state index in [-0.39, 0.29) is 0 Å². The predicted molar refractivity (Wildman–Crippen MR) is 80.1 cm³/mol. The molecule has 0 spiro atoms. The maximum atomic E-state index is 11.2. The number of imidazole rings is 1. The summed E-state index contributed by atoms with van der Waals surface area (Å²) in [4.78, 5) is 4.10. The van der Waals surface area contributed by atoms with Crippen molar-refractivity contribution in [2.75, 3.05) is 16.3 Å². The molecule has 2 rings (SSSR count).